The summed E-state index contributed by atoms with van der Waals surface area (Å²) in [6, 6.07) is 41.1. The number of hydrogen-bond acceptors (Lipinski definition) is 2. The summed E-state index contributed by atoms with van der Waals surface area (Å²) < 4.78 is 6.50. The number of anilines is 2. The molecule has 302 valence electrons. The predicted octanol–water partition coefficient (Wildman–Crippen LogP) is 14.2. The second-order valence-corrected chi connectivity index (χ2v) is 18.3. The molecule has 0 N–H and O–H groups in total. The molecule has 6 aromatic rings. The zero-order valence-electron chi connectivity index (χ0n) is 36.1. The highest BCUT2D eigenvalue weighted by atomic mass is 16.3. The second kappa shape index (κ2) is 14.9. The monoisotopic (exact) mass is 801 g/mol. The molecular formula is C60H51NO. The number of benzene rings is 5. The van der Waals surface area contributed by atoms with Crippen LogP contribution in [0.1, 0.15) is 92.7 Å². The molecule has 2 nitrogen and oxygen atoms in total. The first-order valence-electron chi connectivity index (χ1n) is 22.3. The molecule has 0 amide bonds. The quantitative estimate of drug-likeness (QED) is 0.128. The standard InChI is InChI=1S/C60H51NO/c1-59(2)51-25-15-13-22-46(51)49-38-54-50(39-53(49)59)58-52(60(54,3)4)26-16-17-27-55(58)61(44-33-29-41(30-34-44)40-19-9-6-5-7-10-20-40)45-35-31-42(32-36-45)43-21-11-8-12-23-48-47-24-14-18-28-56(47)62-57(48)37-43/h6-9,11,13-20,22-26,28-39,43H,10,12,21,27H2,1-4H3/b11-8?,19-9-,40-20+,48-23-,57-37?. The van der Waals surface area contributed by atoms with Gasteiger partial charge in [0.25, 0.3) is 0 Å². The minimum Gasteiger partial charge on any atom is -0.456 e. The zero-order chi connectivity index (χ0) is 42.0. The van der Waals surface area contributed by atoms with Crippen molar-refractivity contribution in [1.82, 2.24) is 0 Å². The number of allylic oxidation sites excluding steroid dienone is 12. The molecule has 0 radical (unpaired) electrons. The van der Waals surface area contributed by atoms with E-state index < -0.39 is 0 Å². The van der Waals surface area contributed by atoms with Crippen LogP contribution in [0.25, 0.3) is 45.4 Å². The van der Waals surface area contributed by atoms with Gasteiger partial charge in [0.15, 0.2) is 0 Å². The van der Waals surface area contributed by atoms with E-state index >= 15 is 0 Å². The molecule has 1 atom stereocenters. The first-order chi connectivity index (χ1) is 30.3. The van der Waals surface area contributed by atoms with Crippen molar-refractivity contribution >= 4 is 45.6 Å². The van der Waals surface area contributed by atoms with Crippen LogP contribution in [0.15, 0.2) is 191 Å². The summed E-state index contributed by atoms with van der Waals surface area (Å²) in [4.78, 5) is 2.54. The van der Waals surface area contributed by atoms with E-state index in [2.05, 4.69) is 214 Å². The molecule has 5 aliphatic carbocycles. The van der Waals surface area contributed by atoms with Crippen LogP contribution >= 0.6 is 0 Å². The molecule has 1 heterocycles. The Morgan fingerprint density at radius 3 is 2.29 bits per heavy atom. The van der Waals surface area contributed by atoms with Crippen LogP contribution in [0, 0.1) is 0 Å². The molecule has 2 heteroatoms. The Morgan fingerprint density at radius 1 is 0.677 bits per heavy atom. The van der Waals surface area contributed by atoms with E-state index in [9.17, 15) is 0 Å². The predicted molar refractivity (Wildman–Crippen MR) is 261 cm³/mol. The van der Waals surface area contributed by atoms with Crippen LogP contribution in [-0.2, 0) is 10.8 Å². The largest absolute Gasteiger partial charge is 0.456 e. The molecule has 62 heavy (non-hydrogen) atoms. The number of fused-ring (bicyclic) bond motifs is 9. The van der Waals surface area contributed by atoms with Gasteiger partial charge in [0.2, 0.25) is 0 Å². The lowest BCUT2D eigenvalue weighted by Gasteiger charge is -2.31. The molecule has 5 aliphatic rings. The molecule has 0 fully saturated rings. The normalized spacial score (nSPS) is 20.8. The van der Waals surface area contributed by atoms with Crippen molar-refractivity contribution in [2.75, 3.05) is 4.90 Å². The lowest BCUT2D eigenvalue weighted by atomic mass is 9.79. The maximum absolute atomic E-state index is 6.50. The molecule has 0 bridgehead atoms. The van der Waals surface area contributed by atoms with Crippen molar-refractivity contribution in [2.24, 2.45) is 0 Å². The van der Waals surface area contributed by atoms with E-state index in [1.807, 2.05) is 6.08 Å². The highest BCUT2D eigenvalue weighted by Crippen LogP contribution is 2.58. The molecule has 11 rings (SSSR count). The van der Waals surface area contributed by atoms with E-state index in [-0.39, 0.29) is 16.7 Å². The van der Waals surface area contributed by atoms with Crippen LogP contribution in [0.4, 0.5) is 11.4 Å². The topological polar surface area (TPSA) is 16.4 Å². The fourth-order valence-electron chi connectivity index (χ4n) is 10.7. The SMILES string of the molecule is CC1(C)C2=CC=CCC(N(c3ccc(C4=C/CC=C=C/C=C\4)cc3)c3ccc(C4C=c5oc6ccccc6/c5=C/CC=CC4)cc3)=C2c2cc3c(cc21)-c1ccccc1C3(C)C. The van der Waals surface area contributed by atoms with Gasteiger partial charge < -0.3 is 9.32 Å². The molecule has 1 unspecified atom stereocenters. The summed E-state index contributed by atoms with van der Waals surface area (Å²) in [5.41, 5.74) is 23.2. The van der Waals surface area contributed by atoms with E-state index in [1.165, 1.54) is 77.5 Å². The molecule has 0 saturated carbocycles. The van der Waals surface area contributed by atoms with Gasteiger partial charge in [-0.15, -0.1) is 5.73 Å². The third kappa shape index (κ3) is 6.24. The van der Waals surface area contributed by atoms with E-state index in [0.717, 1.165) is 48.1 Å². The van der Waals surface area contributed by atoms with Crippen molar-refractivity contribution in [1.29, 1.82) is 0 Å². The van der Waals surface area contributed by atoms with Gasteiger partial charge >= 0.3 is 0 Å². The van der Waals surface area contributed by atoms with Crippen molar-refractivity contribution in [3.63, 3.8) is 0 Å². The Kier molecular flexibility index (Phi) is 9.18. The second-order valence-electron chi connectivity index (χ2n) is 18.3. The zero-order valence-corrected chi connectivity index (χ0v) is 36.1. The van der Waals surface area contributed by atoms with Crippen molar-refractivity contribution < 1.29 is 4.42 Å². The number of furan rings is 1. The molecule has 0 aliphatic heterocycles. The maximum Gasteiger partial charge on any atom is 0.135 e. The third-order valence-corrected chi connectivity index (χ3v) is 14.0. The summed E-state index contributed by atoms with van der Waals surface area (Å²) in [5.74, 6) is 0.170. The van der Waals surface area contributed by atoms with Gasteiger partial charge in [-0.3, -0.25) is 0 Å². The summed E-state index contributed by atoms with van der Waals surface area (Å²) in [5, 5.41) is 2.37. The Morgan fingerprint density at radius 2 is 1.44 bits per heavy atom. The van der Waals surface area contributed by atoms with Gasteiger partial charge in [-0.2, -0.15) is 0 Å². The van der Waals surface area contributed by atoms with Crippen molar-refractivity contribution in [2.45, 2.75) is 70.1 Å². The van der Waals surface area contributed by atoms with Crippen LogP contribution in [-0.4, -0.2) is 0 Å². The average molecular weight is 802 g/mol. The molecule has 0 saturated heterocycles. The lowest BCUT2D eigenvalue weighted by molar-refractivity contribution is 0.571. The van der Waals surface area contributed by atoms with E-state index in [0.29, 0.717) is 0 Å². The first-order valence-corrected chi connectivity index (χ1v) is 22.3. The minimum absolute atomic E-state index is 0.0955. The van der Waals surface area contributed by atoms with Gasteiger partial charge in [0, 0.05) is 56.4 Å². The minimum atomic E-state index is -0.187. The number of para-hydroxylation sites is 1. The molecule has 5 aromatic carbocycles. The van der Waals surface area contributed by atoms with Gasteiger partial charge in [0.1, 0.15) is 11.0 Å². The van der Waals surface area contributed by atoms with Crippen molar-refractivity contribution in [3.05, 3.63) is 231 Å². The molecule has 1 aromatic heterocycles. The number of hydrogen-bond donors (Lipinski definition) is 0. The first kappa shape index (κ1) is 38.1. The molecule has 0 spiro atoms. The highest BCUT2D eigenvalue weighted by Gasteiger charge is 2.44. The Labute approximate surface area is 365 Å². The third-order valence-electron chi connectivity index (χ3n) is 14.0. The van der Waals surface area contributed by atoms with Crippen LogP contribution in [0.2, 0.25) is 0 Å². The fourth-order valence-corrected chi connectivity index (χ4v) is 10.7. The Balaban J connectivity index is 1.08. The fraction of sp³-hybridized carbons (Fsp3) is 0.183. The summed E-state index contributed by atoms with van der Waals surface area (Å²) in [7, 11) is 0. The molecular weight excluding hydrogens is 751 g/mol. The van der Waals surface area contributed by atoms with Crippen LogP contribution < -0.4 is 15.5 Å². The lowest BCUT2D eigenvalue weighted by Crippen LogP contribution is -2.21. The van der Waals surface area contributed by atoms with Gasteiger partial charge in [-0.1, -0.05) is 149 Å². The van der Waals surface area contributed by atoms with E-state index in [1.54, 1.807) is 0 Å². The van der Waals surface area contributed by atoms with E-state index in [4.69, 9.17) is 4.42 Å². The summed E-state index contributed by atoms with van der Waals surface area (Å²) in [6.45, 7) is 9.63. The van der Waals surface area contributed by atoms with Crippen LogP contribution in [0.3, 0.4) is 0 Å². The van der Waals surface area contributed by atoms with Crippen molar-refractivity contribution in [3.8, 4) is 11.1 Å². The smallest absolute Gasteiger partial charge is 0.135 e. The number of nitrogens with zero attached hydrogens (tertiary/aromatic N) is 1. The van der Waals surface area contributed by atoms with Gasteiger partial charge in [-0.05, 0) is 136 Å². The van der Waals surface area contributed by atoms with Crippen LogP contribution in [0.5, 0.6) is 0 Å². The van der Waals surface area contributed by atoms with Gasteiger partial charge in [0.05, 0.1) is 0 Å². The summed E-state index contributed by atoms with van der Waals surface area (Å²) >= 11 is 0. The average Bonchev–Trinajstić information content (AvgIpc) is 3.75. The number of rotatable bonds is 5. The summed E-state index contributed by atoms with van der Waals surface area (Å²) in [6.07, 6.45) is 30.4. The van der Waals surface area contributed by atoms with Gasteiger partial charge in [-0.25, -0.2) is 0 Å². The highest BCUT2D eigenvalue weighted by molar-refractivity contribution is 5.98. The Bertz CT molecular complexity index is 3200. The maximum atomic E-state index is 6.50. The Hall–Kier alpha value is -6.86.